The highest BCUT2D eigenvalue weighted by atomic mass is 16.3. The van der Waals surface area contributed by atoms with Crippen molar-refractivity contribution >= 4 is 0 Å². The monoisotopic (exact) mass is 176 g/mol. The number of hydrogen-bond acceptors (Lipinski definition) is 5. The Labute approximate surface area is 71.2 Å². The van der Waals surface area contributed by atoms with E-state index in [1.165, 1.54) is 0 Å². The predicted molar refractivity (Wildman–Crippen MR) is 43.4 cm³/mol. The van der Waals surface area contributed by atoms with Gasteiger partial charge in [-0.25, -0.2) is 0 Å². The summed E-state index contributed by atoms with van der Waals surface area (Å²) in [6, 6.07) is -0.428. The quantitative estimate of drug-likeness (QED) is 0.314. The van der Waals surface area contributed by atoms with Crippen LogP contribution < -0.4 is 11.1 Å². The molecule has 0 unspecified atom stereocenters. The van der Waals surface area contributed by atoms with Crippen molar-refractivity contribution in [1.82, 2.24) is 5.32 Å². The van der Waals surface area contributed by atoms with E-state index >= 15 is 0 Å². The maximum atomic E-state index is 9.46. The number of rotatable bonds is 2. The smallest absolute Gasteiger partial charge is 0.0977 e. The van der Waals surface area contributed by atoms with Crippen LogP contribution in [0.3, 0.4) is 0 Å². The van der Waals surface area contributed by atoms with E-state index in [1.54, 1.807) is 0 Å². The van der Waals surface area contributed by atoms with Gasteiger partial charge in [-0.15, -0.1) is 0 Å². The number of aliphatic hydroxyl groups excluding tert-OH is 3. The molecule has 5 heteroatoms. The molecule has 1 saturated heterocycles. The van der Waals surface area contributed by atoms with E-state index in [0.717, 1.165) is 0 Å². The van der Waals surface area contributed by atoms with Crippen molar-refractivity contribution < 1.29 is 15.3 Å². The fraction of sp³-hybridized carbons (Fsp3) is 1.00. The van der Waals surface area contributed by atoms with Crippen molar-refractivity contribution in [2.24, 2.45) is 11.7 Å². The minimum absolute atomic E-state index is 0.122. The van der Waals surface area contributed by atoms with E-state index in [2.05, 4.69) is 5.32 Å². The Morgan fingerprint density at radius 1 is 1.33 bits per heavy atom. The molecule has 0 radical (unpaired) electrons. The van der Waals surface area contributed by atoms with Crippen LogP contribution in [-0.2, 0) is 0 Å². The van der Waals surface area contributed by atoms with E-state index < -0.39 is 18.2 Å². The fourth-order valence-electron chi connectivity index (χ4n) is 1.46. The summed E-state index contributed by atoms with van der Waals surface area (Å²) in [7, 11) is 0. The first-order valence-corrected chi connectivity index (χ1v) is 4.11. The number of nitrogens with two attached hydrogens (primary N) is 1. The van der Waals surface area contributed by atoms with Gasteiger partial charge in [0.2, 0.25) is 0 Å². The Morgan fingerprint density at radius 3 is 2.50 bits per heavy atom. The largest absolute Gasteiger partial charge is 0.395 e. The summed E-state index contributed by atoms with van der Waals surface area (Å²) in [5, 5.41) is 30.6. The Hall–Kier alpha value is -0.200. The molecule has 0 aliphatic carbocycles. The number of aliphatic hydroxyl groups is 3. The van der Waals surface area contributed by atoms with Gasteiger partial charge in [-0.3, -0.25) is 0 Å². The van der Waals surface area contributed by atoms with Crippen LogP contribution in [0.4, 0.5) is 0 Å². The van der Waals surface area contributed by atoms with Gasteiger partial charge in [-0.05, 0) is 6.54 Å². The van der Waals surface area contributed by atoms with Gasteiger partial charge in [0.15, 0.2) is 0 Å². The molecule has 0 amide bonds. The van der Waals surface area contributed by atoms with Gasteiger partial charge >= 0.3 is 0 Å². The molecule has 72 valence electrons. The first kappa shape index (κ1) is 9.88. The second-order valence-electron chi connectivity index (χ2n) is 3.17. The normalized spacial score (nSPS) is 43.0. The van der Waals surface area contributed by atoms with E-state index in [1.807, 2.05) is 0 Å². The highest BCUT2D eigenvalue weighted by Crippen LogP contribution is 2.14. The molecule has 1 aliphatic rings. The third kappa shape index (κ3) is 1.75. The molecule has 0 aromatic carbocycles. The Morgan fingerprint density at radius 2 is 2.00 bits per heavy atom. The second-order valence-corrected chi connectivity index (χ2v) is 3.17. The maximum Gasteiger partial charge on any atom is 0.0977 e. The van der Waals surface area contributed by atoms with Gasteiger partial charge in [0.05, 0.1) is 24.9 Å². The van der Waals surface area contributed by atoms with Gasteiger partial charge in [0, 0.05) is 12.5 Å². The van der Waals surface area contributed by atoms with Crippen LogP contribution in [-0.4, -0.2) is 53.3 Å². The summed E-state index contributed by atoms with van der Waals surface area (Å²) in [6.07, 6.45) is -1.74. The molecule has 0 aromatic rings. The molecule has 0 bridgehead atoms. The van der Waals surface area contributed by atoms with Crippen molar-refractivity contribution in [2.45, 2.75) is 18.2 Å². The van der Waals surface area contributed by atoms with Crippen molar-refractivity contribution in [1.29, 1.82) is 0 Å². The van der Waals surface area contributed by atoms with Crippen LogP contribution in [0.1, 0.15) is 0 Å². The molecule has 0 aromatic heterocycles. The van der Waals surface area contributed by atoms with Gasteiger partial charge in [0.1, 0.15) is 0 Å². The average molecular weight is 176 g/mol. The Kier molecular flexibility index (Phi) is 3.42. The summed E-state index contributed by atoms with van der Waals surface area (Å²) < 4.78 is 0. The van der Waals surface area contributed by atoms with Gasteiger partial charge in [0.25, 0.3) is 0 Å². The highest BCUT2D eigenvalue weighted by Gasteiger charge is 2.35. The molecule has 1 heterocycles. The maximum absolute atomic E-state index is 9.46. The van der Waals surface area contributed by atoms with Crippen LogP contribution in [0.25, 0.3) is 0 Å². The zero-order valence-electron chi connectivity index (χ0n) is 6.85. The van der Waals surface area contributed by atoms with Crippen LogP contribution in [0.15, 0.2) is 0 Å². The molecular formula is C7H16N2O3. The molecule has 0 spiro atoms. The fourth-order valence-corrected chi connectivity index (χ4v) is 1.46. The number of piperidine rings is 1. The molecular weight excluding hydrogens is 160 g/mol. The van der Waals surface area contributed by atoms with E-state index in [9.17, 15) is 10.2 Å². The van der Waals surface area contributed by atoms with Gasteiger partial charge in [-0.2, -0.15) is 0 Å². The summed E-state index contributed by atoms with van der Waals surface area (Å²) in [5.74, 6) is -0.122. The zero-order chi connectivity index (χ0) is 9.14. The summed E-state index contributed by atoms with van der Waals surface area (Å²) in [4.78, 5) is 0. The van der Waals surface area contributed by atoms with Crippen molar-refractivity contribution in [3.63, 3.8) is 0 Å². The van der Waals surface area contributed by atoms with Gasteiger partial charge in [-0.1, -0.05) is 0 Å². The number of hydrogen-bond donors (Lipinski definition) is 5. The molecule has 12 heavy (non-hydrogen) atoms. The molecule has 6 N–H and O–H groups in total. The van der Waals surface area contributed by atoms with Crippen LogP contribution in [0, 0.1) is 5.92 Å². The lowest BCUT2D eigenvalue weighted by atomic mass is 9.89. The molecule has 1 aliphatic heterocycles. The lowest BCUT2D eigenvalue weighted by Gasteiger charge is -2.37. The topological polar surface area (TPSA) is 98.7 Å². The second kappa shape index (κ2) is 4.15. The van der Waals surface area contributed by atoms with Crippen LogP contribution >= 0.6 is 0 Å². The van der Waals surface area contributed by atoms with Gasteiger partial charge < -0.3 is 26.4 Å². The lowest BCUT2D eigenvalue weighted by molar-refractivity contribution is -0.0660. The third-order valence-electron chi connectivity index (χ3n) is 2.39. The third-order valence-corrected chi connectivity index (χ3v) is 2.39. The van der Waals surface area contributed by atoms with Crippen LogP contribution in [0.2, 0.25) is 0 Å². The predicted octanol–water partition coefficient (Wildman–Crippen LogP) is -2.75. The Bertz CT molecular complexity index is 129. The summed E-state index contributed by atoms with van der Waals surface area (Å²) in [6.45, 7) is 0.707. The minimum Gasteiger partial charge on any atom is -0.395 e. The molecule has 5 nitrogen and oxygen atoms in total. The van der Waals surface area contributed by atoms with E-state index in [-0.39, 0.29) is 12.5 Å². The highest BCUT2D eigenvalue weighted by molar-refractivity contribution is 4.91. The van der Waals surface area contributed by atoms with E-state index in [4.69, 9.17) is 10.8 Å². The zero-order valence-corrected chi connectivity index (χ0v) is 6.85. The molecule has 1 fully saturated rings. The average Bonchev–Trinajstić information content (AvgIpc) is 2.10. The molecule has 1 rings (SSSR count). The molecule has 0 saturated carbocycles. The van der Waals surface area contributed by atoms with E-state index in [0.29, 0.717) is 13.1 Å². The molecule has 4 atom stereocenters. The van der Waals surface area contributed by atoms with Crippen molar-refractivity contribution in [2.75, 3.05) is 19.7 Å². The lowest BCUT2D eigenvalue weighted by Crippen LogP contribution is -2.59. The first-order chi connectivity index (χ1) is 5.70. The number of nitrogens with one attached hydrogen (secondary N) is 1. The Balaban J connectivity index is 2.52. The standard InChI is InChI=1S/C7H16N2O3/c8-1-4-2-9-5(3-10)7(12)6(4)11/h4-7,9-12H,1-3,8H2/t4-,5-,6+,7-/m0/s1. The summed E-state index contributed by atoms with van der Waals surface area (Å²) >= 11 is 0. The first-order valence-electron chi connectivity index (χ1n) is 4.11. The van der Waals surface area contributed by atoms with Crippen molar-refractivity contribution in [3.05, 3.63) is 0 Å². The van der Waals surface area contributed by atoms with Crippen LogP contribution in [0.5, 0.6) is 0 Å². The van der Waals surface area contributed by atoms with Crippen molar-refractivity contribution in [3.8, 4) is 0 Å². The SMILES string of the molecule is NC[C@H]1CN[C@@H](CO)[C@H](O)[C@@H]1O. The summed E-state index contributed by atoms with van der Waals surface area (Å²) in [5.41, 5.74) is 5.37. The minimum atomic E-state index is -0.919.